The van der Waals surface area contributed by atoms with Gasteiger partial charge in [-0.25, -0.2) is 0 Å². The number of likely N-dealkylation sites (N-methyl/N-ethyl adjacent to an activating group) is 1. The molecule has 0 bridgehead atoms. The van der Waals surface area contributed by atoms with Crippen molar-refractivity contribution in [2.75, 3.05) is 47.3 Å². The Morgan fingerprint density at radius 1 is 1.42 bits per heavy atom. The van der Waals surface area contributed by atoms with Gasteiger partial charge in [-0.15, -0.1) is 0 Å². The van der Waals surface area contributed by atoms with E-state index in [0.717, 1.165) is 32.0 Å². The predicted molar refractivity (Wildman–Crippen MR) is 79.0 cm³/mol. The Morgan fingerprint density at radius 2 is 2.00 bits per heavy atom. The average Bonchev–Trinajstić information content (AvgIpc) is 2.36. The molecule has 1 unspecified atom stereocenters. The van der Waals surface area contributed by atoms with Crippen LogP contribution in [0.15, 0.2) is 0 Å². The van der Waals surface area contributed by atoms with Crippen LogP contribution in [0.5, 0.6) is 0 Å². The number of carbonyl (C=O) groups excluding carboxylic acids is 1. The van der Waals surface area contributed by atoms with Gasteiger partial charge in [0.2, 0.25) is 5.91 Å². The summed E-state index contributed by atoms with van der Waals surface area (Å²) in [5.74, 6) is 0.551. The summed E-state index contributed by atoms with van der Waals surface area (Å²) in [5.41, 5.74) is 4.87. The van der Waals surface area contributed by atoms with Crippen LogP contribution >= 0.6 is 0 Å². The number of hydrogen-bond donors (Lipinski definition) is 2. The minimum Gasteiger partial charge on any atom is -0.368 e. The maximum Gasteiger partial charge on any atom is 0.237 e. The Balaban J connectivity index is 2.31. The van der Waals surface area contributed by atoms with E-state index in [2.05, 4.69) is 29.2 Å². The van der Waals surface area contributed by atoms with Crippen molar-refractivity contribution in [3.8, 4) is 0 Å². The minimum absolute atomic E-state index is 0.266. The number of hydrogen-bond acceptors (Lipinski definition) is 4. The quantitative estimate of drug-likeness (QED) is 0.689. The van der Waals surface area contributed by atoms with Crippen LogP contribution in [0, 0.1) is 5.92 Å². The highest BCUT2D eigenvalue weighted by Crippen LogP contribution is 2.19. The van der Waals surface area contributed by atoms with Gasteiger partial charge in [-0.3, -0.25) is 4.79 Å². The number of amides is 1. The topological polar surface area (TPSA) is 61.6 Å². The lowest BCUT2D eigenvalue weighted by Crippen LogP contribution is -2.53. The first-order valence-electron chi connectivity index (χ1n) is 7.23. The van der Waals surface area contributed by atoms with Gasteiger partial charge in [-0.2, -0.15) is 0 Å². The van der Waals surface area contributed by atoms with Gasteiger partial charge in [0.15, 0.2) is 0 Å². The number of nitrogens with one attached hydrogen (secondary N) is 1. The van der Waals surface area contributed by atoms with Crippen LogP contribution in [0.3, 0.4) is 0 Å². The zero-order valence-electron chi connectivity index (χ0n) is 12.9. The first kappa shape index (κ1) is 16.4. The summed E-state index contributed by atoms with van der Waals surface area (Å²) in [5, 5.41) is 3.04. The second-order valence-corrected chi connectivity index (χ2v) is 6.24. The number of carbonyl (C=O) groups is 1. The lowest BCUT2D eigenvalue weighted by molar-refractivity contribution is -0.124. The Morgan fingerprint density at radius 3 is 2.42 bits per heavy atom. The van der Waals surface area contributed by atoms with Gasteiger partial charge in [0.05, 0.1) is 5.54 Å². The Labute approximate surface area is 117 Å². The van der Waals surface area contributed by atoms with Crippen molar-refractivity contribution in [1.82, 2.24) is 15.1 Å². The highest BCUT2D eigenvalue weighted by Gasteiger charge is 2.30. The zero-order valence-corrected chi connectivity index (χ0v) is 12.9. The number of likely N-dealkylation sites (tertiary alicyclic amines) is 1. The SMILES string of the molecule is CNC(C)(CCN1CCC(CN(C)C)CC1)C(N)=O. The van der Waals surface area contributed by atoms with Gasteiger partial charge in [-0.05, 0) is 66.3 Å². The van der Waals surface area contributed by atoms with Gasteiger partial charge >= 0.3 is 0 Å². The van der Waals surface area contributed by atoms with Crippen molar-refractivity contribution in [3.63, 3.8) is 0 Å². The fourth-order valence-corrected chi connectivity index (χ4v) is 2.66. The third-order valence-electron chi connectivity index (χ3n) is 4.35. The molecule has 1 aliphatic rings. The standard InChI is InChI=1S/C14H30N4O/c1-14(16-2,13(15)19)7-10-18-8-5-12(6-9-18)11-17(3)4/h12,16H,5-11H2,1-4H3,(H2,15,19). The van der Waals surface area contributed by atoms with Crippen molar-refractivity contribution < 1.29 is 4.79 Å². The van der Waals surface area contributed by atoms with E-state index in [0.29, 0.717) is 0 Å². The van der Waals surface area contributed by atoms with Crippen LogP contribution in [0.25, 0.3) is 0 Å². The van der Waals surface area contributed by atoms with E-state index >= 15 is 0 Å². The highest BCUT2D eigenvalue weighted by molar-refractivity contribution is 5.84. The monoisotopic (exact) mass is 270 g/mol. The molecule has 112 valence electrons. The van der Waals surface area contributed by atoms with Crippen LogP contribution in [-0.4, -0.2) is 68.6 Å². The number of piperidine rings is 1. The molecule has 0 aliphatic carbocycles. The molecule has 0 aromatic rings. The fraction of sp³-hybridized carbons (Fsp3) is 0.929. The van der Waals surface area contributed by atoms with Crippen molar-refractivity contribution in [2.24, 2.45) is 11.7 Å². The van der Waals surface area contributed by atoms with E-state index in [1.807, 2.05) is 6.92 Å². The van der Waals surface area contributed by atoms with Gasteiger partial charge in [0.25, 0.3) is 0 Å². The molecule has 1 atom stereocenters. The molecule has 1 aliphatic heterocycles. The Kier molecular flexibility index (Phi) is 6.23. The smallest absolute Gasteiger partial charge is 0.237 e. The Bertz CT molecular complexity index is 287. The van der Waals surface area contributed by atoms with E-state index in [1.54, 1.807) is 7.05 Å². The highest BCUT2D eigenvalue weighted by atomic mass is 16.1. The van der Waals surface area contributed by atoms with E-state index in [4.69, 9.17) is 5.73 Å². The van der Waals surface area contributed by atoms with Crippen molar-refractivity contribution in [1.29, 1.82) is 0 Å². The van der Waals surface area contributed by atoms with Crippen LogP contribution in [0.4, 0.5) is 0 Å². The summed E-state index contributed by atoms with van der Waals surface area (Å²) >= 11 is 0. The molecule has 5 nitrogen and oxygen atoms in total. The zero-order chi connectivity index (χ0) is 14.5. The summed E-state index contributed by atoms with van der Waals surface area (Å²) in [4.78, 5) is 16.2. The van der Waals surface area contributed by atoms with E-state index in [-0.39, 0.29) is 5.91 Å². The van der Waals surface area contributed by atoms with Crippen LogP contribution in [-0.2, 0) is 4.79 Å². The molecule has 0 aromatic carbocycles. The van der Waals surface area contributed by atoms with Crippen molar-refractivity contribution >= 4 is 5.91 Å². The van der Waals surface area contributed by atoms with Crippen LogP contribution in [0.1, 0.15) is 26.2 Å². The van der Waals surface area contributed by atoms with Crippen molar-refractivity contribution in [3.05, 3.63) is 0 Å². The summed E-state index contributed by atoms with van der Waals surface area (Å²) in [6.07, 6.45) is 3.28. The Hall–Kier alpha value is -0.650. The third-order valence-corrected chi connectivity index (χ3v) is 4.35. The second-order valence-electron chi connectivity index (χ2n) is 6.24. The third kappa shape index (κ3) is 5.09. The molecule has 0 saturated carbocycles. The minimum atomic E-state index is -0.583. The molecule has 19 heavy (non-hydrogen) atoms. The molecular weight excluding hydrogens is 240 g/mol. The molecule has 1 heterocycles. The summed E-state index contributed by atoms with van der Waals surface area (Å²) in [6, 6.07) is 0. The van der Waals surface area contributed by atoms with E-state index in [1.165, 1.54) is 19.4 Å². The molecule has 1 fully saturated rings. The number of primary amides is 1. The summed E-state index contributed by atoms with van der Waals surface area (Å²) in [6.45, 7) is 6.28. The van der Waals surface area contributed by atoms with Crippen LogP contribution < -0.4 is 11.1 Å². The van der Waals surface area contributed by atoms with E-state index < -0.39 is 5.54 Å². The number of nitrogens with two attached hydrogens (primary N) is 1. The first-order chi connectivity index (χ1) is 8.87. The fourth-order valence-electron chi connectivity index (χ4n) is 2.66. The molecule has 0 aromatic heterocycles. The number of rotatable bonds is 7. The van der Waals surface area contributed by atoms with Gasteiger partial charge in [-0.1, -0.05) is 0 Å². The normalized spacial score (nSPS) is 21.5. The van der Waals surface area contributed by atoms with Gasteiger partial charge in [0.1, 0.15) is 0 Å². The number of nitrogens with zero attached hydrogens (tertiary/aromatic N) is 2. The van der Waals surface area contributed by atoms with Crippen LogP contribution in [0.2, 0.25) is 0 Å². The van der Waals surface area contributed by atoms with E-state index in [9.17, 15) is 4.79 Å². The molecular formula is C14H30N4O. The maximum absolute atomic E-state index is 11.4. The van der Waals surface area contributed by atoms with Gasteiger partial charge < -0.3 is 20.9 Å². The second kappa shape index (κ2) is 7.22. The lowest BCUT2D eigenvalue weighted by Gasteiger charge is -2.35. The van der Waals surface area contributed by atoms with Gasteiger partial charge in [0, 0.05) is 13.1 Å². The largest absolute Gasteiger partial charge is 0.368 e. The molecule has 1 saturated heterocycles. The summed E-state index contributed by atoms with van der Waals surface area (Å²) < 4.78 is 0. The lowest BCUT2D eigenvalue weighted by atomic mass is 9.93. The predicted octanol–water partition coefficient (Wildman–Crippen LogP) is 0.114. The maximum atomic E-state index is 11.4. The molecule has 1 rings (SSSR count). The molecule has 1 amide bonds. The molecule has 5 heteroatoms. The van der Waals surface area contributed by atoms with Crippen molar-refractivity contribution in [2.45, 2.75) is 31.7 Å². The first-order valence-corrected chi connectivity index (χ1v) is 7.23. The molecule has 0 radical (unpaired) electrons. The average molecular weight is 270 g/mol. The molecule has 0 spiro atoms. The molecule has 3 N–H and O–H groups in total. The summed E-state index contributed by atoms with van der Waals surface area (Å²) in [7, 11) is 6.07.